The first-order chi connectivity index (χ1) is 17.3. The number of carbonyl (C=O) groups excluding carboxylic acids is 1. The molecule has 1 saturated heterocycles. The smallest absolute Gasteiger partial charge is 0.222 e. The number of hydrogen-bond donors (Lipinski definition) is 1. The van der Waals surface area contributed by atoms with Crippen molar-refractivity contribution in [3.63, 3.8) is 0 Å². The molecule has 36 heavy (non-hydrogen) atoms. The number of halogens is 2. The van der Waals surface area contributed by atoms with Crippen molar-refractivity contribution >= 4 is 34.8 Å². The van der Waals surface area contributed by atoms with Gasteiger partial charge in [-0.3, -0.25) is 4.79 Å². The van der Waals surface area contributed by atoms with Gasteiger partial charge in [0.1, 0.15) is 0 Å². The molecule has 3 aromatic carbocycles. The first-order valence-electron chi connectivity index (χ1n) is 12.6. The topological polar surface area (TPSA) is 43.8 Å². The summed E-state index contributed by atoms with van der Waals surface area (Å²) in [5.41, 5.74) is 3.91. The highest BCUT2D eigenvalue weighted by Gasteiger charge is 2.39. The Morgan fingerprint density at radius 2 is 1.64 bits per heavy atom. The highest BCUT2D eigenvalue weighted by Crippen LogP contribution is 2.51. The van der Waals surface area contributed by atoms with Crippen LogP contribution in [0.1, 0.15) is 54.3 Å². The highest BCUT2D eigenvalue weighted by molar-refractivity contribution is 6.31. The van der Waals surface area contributed by atoms with E-state index in [4.69, 9.17) is 23.2 Å². The summed E-state index contributed by atoms with van der Waals surface area (Å²) in [7, 11) is 2.10. The lowest BCUT2D eigenvalue weighted by molar-refractivity contribution is -0.135. The second-order valence-electron chi connectivity index (χ2n) is 10.2. The molecule has 0 spiro atoms. The molecule has 1 fully saturated rings. The lowest BCUT2D eigenvalue weighted by atomic mass is 9.84. The fourth-order valence-corrected chi connectivity index (χ4v) is 6.23. The highest BCUT2D eigenvalue weighted by atomic mass is 35.5. The minimum atomic E-state index is -0.748. The molecule has 3 aromatic rings. The summed E-state index contributed by atoms with van der Waals surface area (Å²) >= 11 is 12.5. The molecule has 4 nitrogen and oxygen atoms in total. The summed E-state index contributed by atoms with van der Waals surface area (Å²) in [6.07, 6.45) is 3.03. The Morgan fingerprint density at radius 3 is 2.33 bits per heavy atom. The van der Waals surface area contributed by atoms with E-state index in [0.29, 0.717) is 48.8 Å². The Morgan fingerprint density at radius 1 is 0.972 bits per heavy atom. The fourth-order valence-electron chi connectivity index (χ4n) is 5.92. The van der Waals surface area contributed by atoms with E-state index in [0.717, 1.165) is 17.7 Å². The first kappa shape index (κ1) is 25.1. The molecule has 0 bridgehead atoms. The monoisotopic (exact) mass is 522 g/mol. The molecule has 5 rings (SSSR count). The summed E-state index contributed by atoms with van der Waals surface area (Å²) in [5, 5.41) is 12.5. The van der Waals surface area contributed by atoms with Gasteiger partial charge in [0.2, 0.25) is 5.91 Å². The molecule has 2 heterocycles. The van der Waals surface area contributed by atoms with Gasteiger partial charge in [-0.05, 0) is 66.3 Å². The van der Waals surface area contributed by atoms with Crippen molar-refractivity contribution in [2.45, 2.75) is 49.7 Å². The predicted molar refractivity (Wildman–Crippen MR) is 147 cm³/mol. The number of hydrogen-bond acceptors (Lipinski definition) is 3. The number of benzene rings is 3. The molecule has 0 saturated carbocycles. The molecule has 2 atom stereocenters. The second-order valence-corrected chi connectivity index (χ2v) is 11.1. The first-order valence-corrected chi connectivity index (χ1v) is 13.4. The average Bonchev–Trinajstić information content (AvgIpc) is 3.14. The van der Waals surface area contributed by atoms with Gasteiger partial charge in [0.05, 0.1) is 11.6 Å². The van der Waals surface area contributed by atoms with Gasteiger partial charge in [0, 0.05) is 54.6 Å². The van der Waals surface area contributed by atoms with E-state index >= 15 is 0 Å². The van der Waals surface area contributed by atoms with Crippen LogP contribution in [0.2, 0.25) is 10.0 Å². The van der Waals surface area contributed by atoms with Crippen molar-refractivity contribution in [1.82, 2.24) is 4.90 Å². The average molecular weight is 524 g/mol. The van der Waals surface area contributed by atoms with E-state index in [2.05, 4.69) is 42.3 Å². The number of carbonyl (C=O) groups is 1. The van der Waals surface area contributed by atoms with E-state index in [1.165, 1.54) is 11.1 Å². The molecule has 1 amide bonds. The Labute approximate surface area is 223 Å². The van der Waals surface area contributed by atoms with E-state index in [-0.39, 0.29) is 17.9 Å². The summed E-state index contributed by atoms with van der Waals surface area (Å²) in [6.45, 7) is 1.19. The van der Waals surface area contributed by atoms with Crippen LogP contribution in [0.15, 0.2) is 72.8 Å². The molecule has 0 radical (unpaired) electrons. The number of nitrogens with zero attached hydrogens (tertiary/aromatic N) is 2. The zero-order valence-corrected chi connectivity index (χ0v) is 22.1. The van der Waals surface area contributed by atoms with Gasteiger partial charge in [-0.25, -0.2) is 0 Å². The SMILES string of the molecule is CN1c2ccc(Cl)cc2C(CCC(=O)N2CCC(O)(Cc3ccccc3)CC2)C1c1ccc(Cl)cc1. The number of aliphatic hydroxyl groups is 1. The molecular formula is C30H32Cl2N2O2. The fraction of sp³-hybridized carbons (Fsp3) is 0.367. The van der Waals surface area contributed by atoms with Crippen LogP contribution in [0, 0.1) is 0 Å². The minimum Gasteiger partial charge on any atom is -0.389 e. The van der Waals surface area contributed by atoms with Crippen molar-refractivity contribution in [2.75, 3.05) is 25.0 Å². The molecule has 2 unspecified atom stereocenters. The van der Waals surface area contributed by atoms with E-state index in [1.807, 2.05) is 47.4 Å². The number of fused-ring (bicyclic) bond motifs is 1. The van der Waals surface area contributed by atoms with Crippen LogP contribution in [0.5, 0.6) is 0 Å². The normalized spacial score (nSPS) is 20.9. The second kappa shape index (κ2) is 10.5. The van der Waals surface area contributed by atoms with Crippen LogP contribution in [-0.4, -0.2) is 41.7 Å². The quantitative estimate of drug-likeness (QED) is 0.394. The van der Waals surface area contributed by atoms with E-state index in [9.17, 15) is 9.90 Å². The van der Waals surface area contributed by atoms with Crippen molar-refractivity contribution < 1.29 is 9.90 Å². The van der Waals surface area contributed by atoms with Crippen LogP contribution in [-0.2, 0) is 11.2 Å². The van der Waals surface area contributed by atoms with Crippen molar-refractivity contribution in [2.24, 2.45) is 0 Å². The molecule has 6 heteroatoms. The van der Waals surface area contributed by atoms with Gasteiger partial charge in [-0.15, -0.1) is 0 Å². The summed E-state index contributed by atoms with van der Waals surface area (Å²) in [4.78, 5) is 17.5. The Kier molecular flexibility index (Phi) is 7.30. The van der Waals surface area contributed by atoms with Crippen molar-refractivity contribution in [3.8, 4) is 0 Å². The molecule has 1 N–H and O–H groups in total. The maximum atomic E-state index is 13.3. The number of rotatable bonds is 6. The van der Waals surface area contributed by atoms with Gasteiger partial charge in [-0.1, -0.05) is 65.7 Å². The molecule has 0 aliphatic carbocycles. The molecule has 2 aliphatic rings. The number of amides is 1. The molecule has 2 aliphatic heterocycles. The Bertz CT molecular complexity index is 1210. The van der Waals surface area contributed by atoms with Crippen molar-refractivity contribution in [1.29, 1.82) is 0 Å². The third kappa shape index (κ3) is 5.27. The van der Waals surface area contributed by atoms with Crippen LogP contribution in [0.4, 0.5) is 5.69 Å². The third-order valence-electron chi connectivity index (χ3n) is 7.87. The van der Waals surface area contributed by atoms with E-state index < -0.39 is 5.60 Å². The van der Waals surface area contributed by atoms with Crippen LogP contribution in [0.25, 0.3) is 0 Å². The number of piperidine rings is 1. The number of likely N-dealkylation sites (tertiary alicyclic amines) is 1. The van der Waals surface area contributed by atoms with Gasteiger partial charge in [0.25, 0.3) is 0 Å². The van der Waals surface area contributed by atoms with Crippen LogP contribution < -0.4 is 4.90 Å². The molecular weight excluding hydrogens is 491 g/mol. The Hall–Kier alpha value is -2.53. The lowest BCUT2D eigenvalue weighted by Crippen LogP contribution is -2.47. The summed E-state index contributed by atoms with van der Waals surface area (Å²) in [6, 6.07) is 24.2. The predicted octanol–water partition coefficient (Wildman–Crippen LogP) is 6.64. The molecule has 188 valence electrons. The van der Waals surface area contributed by atoms with Gasteiger partial charge in [0.15, 0.2) is 0 Å². The van der Waals surface area contributed by atoms with Gasteiger partial charge in [-0.2, -0.15) is 0 Å². The van der Waals surface area contributed by atoms with Crippen molar-refractivity contribution in [3.05, 3.63) is 99.5 Å². The largest absolute Gasteiger partial charge is 0.389 e. The molecule has 0 aromatic heterocycles. The zero-order valence-electron chi connectivity index (χ0n) is 20.5. The number of likely N-dealkylation sites (N-methyl/N-ethyl adjacent to an activating group) is 1. The maximum absolute atomic E-state index is 13.3. The minimum absolute atomic E-state index is 0.112. The van der Waals surface area contributed by atoms with E-state index in [1.54, 1.807) is 0 Å². The zero-order chi connectivity index (χ0) is 25.3. The Balaban J connectivity index is 1.26. The maximum Gasteiger partial charge on any atom is 0.222 e. The van der Waals surface area contributed by atoms with Gasteiger partial charge >= 0.3 is 0 Å². The van der Waals surface area contributed by atoms with Crippen LogP contribution >= 0.6 is 23.2 Å². The third-order valence-corrected chi connectivity index (χ3v) is 8.36. The standard InChI is InChI=1S/C30H32Cl2N2O2/c1-33-27-13-11-24(32)19-26(27)25(29(33)22-7-9-23(31)10-8-22)12-14-28(35)34-17-15-30(36,16-18-34)20-21-5-3-2-4-6-21/h2-11,13,19,25,29,36H,12,14-18,20H2,1H3. The number of anilines is 1. The van der Waals surface area contributed by atoms with Crippen LogP contribution in [0.3, 0.4) is 0 Å². The van der Waals surface area contributed by atoms with Gasteiger partial charge < -0.3 is 14.9 Å². The summed E-state index contributed by atoms with van der Waals surface area (Å²) in [5.74, 6) is 0.304. The lowest BCUT2D eigenvalue weighted by Gasteiger charge is -2.38. The summed E-state index contributed by atoms with van der Waals surface area (Å²) < 4.78 is 0.